The van der Waals surface area contributed by atoms with Crippen molar-refractivity contribution in [3.63, 3.8) is 0 Å². The molecule has 0 saturated carbocycles. The Labute approximate surface area is 119 Å². The molecule has 0 aromatic heterocycles. The summed E-state index contributed by atoms with van der Waals surface area (Å²) < 4.78 is 5.56. The summed E-state index contributed by atoms with van der Waals surface area (Å²) in [7, 11) is 0. The van der Waals surface area contributed by atoms with Crippen molar-refractivity contribution in [2.75, 3.05) is 5.73 Å². The van der Waals surface area contributed by atoms with Gasteiger partial charge >= 0.3 is 0 Å². The van der Waals surface area contributed by atoms with Gasteiger partial charge in [-0.1, -0.05) is 23.2 Å². The maximum Gasteiger partial charge on any atom is 0.248 e. The summed E-state index contributed by atoms with van der Waals surface area (Å²) in [4.78, 5) is 11.1. The molecular formula is C13H10Cl2N2O2. The average molecular weight is 297 g/mol. The molecular weight excluding hydrogens is 287 g/mol. The van der Waals surface area contributed by atoms with Gasteiger partial charge < -0.3 is 16.2 Å². The van der Waals surface area contributed by atoms with Crippen LogP contribution in [0.4, 0.5) is 5.69 Å². The lowest BCUT2D eigenvalue weighted by molar-refractivity contribution is 0.1000. The van der Waals surface area contributed by atoms with Gasteiger partial charge in [-0.15, -0.1) is 0 Å². The highest BCUT2D eigenvalue weighted by Crippen LogP contribution is 2.34. The summed E-state index contributed by atoms with van der Waals surface area (Å²) in [6.45, 7) is 0. The Morgan fingerprint density at radius 1 is 1.05 bits per heavy atom. The zero-order chi connectivity index (χ0) is 14.0. The number of nitrogen functional groups attached to an aromatic ring is 1. The molecule has 4 N–H and O–H groups in total. The first kappa shape index (κ1) is 13.5. The third-order valence-electron chi connectivity index (χ3n) is 2.41. The van der Waals surface area contributed by atoms with Crippen LogP contribution in [0.25, 0.3) is 0 Å². The summed E-state index contributed by atoms with van der Waals surface area (Å²) in [6.07, 6.45) is 0. The van der Waals surface area contributed by atoms with Crippen LogP contribution < -0.4 is 16.2 Å². The molecule has 0 aliphatic rings. The second kappa shape index (κ2) is 5.38. The largest absolute Gasteiger partial charge is 0.454 e. The number of benzene rings is 2. The van der Waals surface area contributed by atoms with E-state index in [0.717, 1.165) is 0 Å². The minimum Gasteiger partial charge on any atom is -0.454 e. The fourth-order valence-electron chi connectivity index (χ4n) is 1.45. The normalized spacial score (nSPS) is 10.2. The first-order valence-corrected chi connectivity index (χ1v) is 6.05. The number of anilines is 1. The summed E-state index contributed by atoms with van der Waals surface area (Å²) in [5.74, 6) is 0.0741. The number of carbonyl (C=O) groups is 1. The van der Waals surface area contributed by atoms with E-state index in [2.05, 4.69) is 0 Å². The van der Waals surface area contributed by atoms with Gasteiger partial charge in [0.25, 0.3) is 0 Å². The van der Waals surface area contributed by atoms with E-state index < -0.39 is 5.91 Å². The van der Waals surface area contributed by atoms with Crippen molar-refractivity contribution in [2.45, 2.75) is 0 Å². The number of hydrogen-bond acceptors (Lipinski definition) is 3. The lowest BCUT2D eigenvalue weighted by Gasteiger charge is -2.11. The first-order valence-electron chi connectivity index (χ1n) is 5.29. The molecule has 0 saturated heterocycles. The Kier molecular flexibility index (Phi) is 3.83. The predicted molar refractivity (Wildman–Crippen MR) is 75.9 cm³/mol. The van der Waals surface area contributed by atoms with Gasteiger partial charge in [-0.05, 0) is 30.3 Å². The number of primary amides is 1. The van der Waals surface area contributed by atoms with E-state index in [-0.39, 0.29) is 0 Å². The third kappa shape index (κ3) is 3.10. The molecule has 6 heteroatoms. The van der Waals surface area contributed by atoms with Crippen LogP contribution in [0.15, 0.2) is 36.4 Å². The highest BCUT2D eigenvalue weighted by atomic mass is 35.5. The molecule has 2 aromatic carbocycles. The number of rotatable bonds is 3. The fraction of sp³-hybridized carbons (Fsp3) is 0. The van der Waals surface area contributed by atoms with E-state index in [1.807, 2.05) is 0 Å². The van der Waals surface area contributed by atoms with Gasteiger partial charge in [-0.2, -0.15) is 0 Å². The van der Waals surface area contributed by atoms with Crippen LogP contribution >= 0.6 is 23.2 Å². The molecule has 0 fully saturated rings. The average Bonchev–Trinajstić information content (AvgIpc) is 2.36. The summed E-state index contributed by atoms with van der Waals surface area (Å²) >= 11 is 11.8. The molecule has 0 aliphatic heterocycles. The van der Waals surface area contributed by atoms with Crippen LogP contribution in [-0.2, 0) is 0 Å². The fourth-order valence-corrected chi connectivity index (χ4v) is 1.77. The van der Waals surface area contributed by atoms with Gasteiger partial charge in [0, 0.05) is 16.7 Å². The number of carbonyl (C=O) groups excluding carboxylic acids is 1. The summed E-state index contributed by atoms with van der Waals surface area (Å²) in [5.41, 5.74) is 11.6. The second-order valence-electron chi connectivity index (χ2n) is 3.79. The lowest BCUT2D eigenvalue weighted by atomic mass is 10.2. The highest BCUT2D eigenvalue weighted by Gasteiger charge is 2.10. The Hall–Kier alpha value is -1.91. The smallest absolute Gasteiger partial charge is 0.248 e. The molecule has 4 nitrogen and oxygen atoms in total. The van der Waals surface area contributed by atoms with E-state index in [1.54, 1.807) is 18.2 Å². The van der Waals surface area contributed by atoms with Crippen LogP contribution in [-0.4, -0.2) is 5.91 Å². The Morgan fingerprint density at radius 3 is 2.47 bits per heavy atom. The number of halogens is 2. The van der Waals surface area contributed by atoms with Gasteiger partial charge in [0.15, 0.2) is 5.75 Å². The molecule has 0 unspecified atom stereocenters. The van der Waals surface area contributed by atoms with Gasteiger partial charge in [0.05, 0.1) is 10.7 Å². The topological polar surface area (TPSA) is 78.3 Å². The van der Waals surface area contributed by atoms with Crippen molar-refractivity contribution < 1.29 is 9.53 Å². The van der Waals surface area contributed by atoms with Crippen molar-refractivity contribution in [2.24, 2.45) is 5.73 Å². The van der Waals surface area contributed by atoms with Crippen molar-refractivity contribution in [3.05, 3.63) is 52.0 Å². The molecule has 19 heavy (non-hydrogen) atoms. The summed E-state index contributed by atoms with van der Waals surface area (Å²) in [6, 6.07) is 9.31. The molecule has 0 heterocycles. The molecule has 0 spiro atoms. The van der Waals surface area contributed by atoms with Crippen molar-refractivity contribution in [1.29, 1.82) is 0 Å². The van der Waals surface area contributed by atoms with E-state index in [4.69, 9.17) is 39.4 Å². The van der Waals surface area contributed by atoms with Crippen molar-refractivity contribution in [3.8, 4) is 11.5 Å². The van der Waals surface area contributed by atoms with Crippen LogP contribution in [0.1, 0.15) is 10.4 Å². The quantitative estimate of drug-likeness (QED) is 0.851. The minimum atomic E-state index is -0.568. The zero-order valence-electron chi connectivity index (χ0n) is 9.69. The van der Waals surface area contributed by atoms with E-state index in [9.17, 15) is 4.79 Å². The van der Waals surface area contributed by atoms with E-state index >= 15 is 0 Å². The monoisotopic (exact) mass is 296 g/mol. The van der Waals surface area contributed by atoms with Gasteiger partial charge in [0.2, 0.25) is 5.91 Å². The van der Waals surface area contributed by atoms with Gasteiger partial charge in [0.1, 0.15) is 5.75 Å². The zero-order valence-corrected chi connectivity index (χ0v) is 11.2. The molecule has 98 valence electrons. The lowest BCUT2D eigenvalue weighted by Crippen LogP contribution is -2.11. The maximum atomic E-state index is 11.1. The van der Waals surface area contributed by atoms with Gasteiger partial charge in [-0.3, -0.25) is 4.79 Å². The molecule has 0 radical (unpaired) electrons. The van der Waals surface area contributed by atoms with Crippen LogP contribution in [0.2, 0.25) is 10.0 Å². The number of ether oxygens (including phenoxy) is 1. The van der Waals surface area contributed by atoms with E-state index in [1.165, 1.54) is 18.2 Å². The molecule has 0 bridgehead atoms. The van der Waals surface area contributed by atoms with Crippen LogP contribution in [0, 0.1) is 0 Å². The van der Waals surface area contributed by atoms with Crippen molar-refractivity contribution in [1.82, 2.24) is 0 Å². The molecule has 0 aliphatic carbocycles. The number of hydrogen-bond donors (Lipinski definition) is 2. The minimum absolute atomic E-state index is 0.292. The van der Waals surface area contributed by atoms with Crippen molar-refractivity contribution >= 4 is 34.8 Å². The Morgan fingerprint density at radius 2 is 1.79 bits per heavy atom. The Balaban J connectivity index is 2.40. The molecule has 2 aromatic rings. The van der Waals surface area contributed by atoms with Gasteiger partial charge in [-0.25, -0.2) is 0 Å². The second-order valence-corrected chi connectivity index (χ2v) is 4.64. The maximum absolute atomic E-state index is 11.1. The number of nitrogens with two attached hydrogens (primary N) is 2. The highest BCUT2D eigenvalue weighted by molar-refractivity contribution is 6.34. The standard InChI is InChI=1S/C13H10Cl2N2O2/c14-8-2-3-9(15)11(6-8)19-12-5-7(13(17)18)1-4-10(12)16/h1-6H,16H2,(H2,17,18). The number of amides is 1. The SMILES string of the molecule is NC(=O)c1ccc(N)c(Oc2cc(Cl)ccc2Cl)c1. The Bertz CT molecular complexity index is 645. The molecule has 0 atom stereocenters. The molecule has 2 rings (SSSR count). The summed E-state index contributed by atoms with van der Waals surface area (Å²) in [5, 5.41) is 0.859. The third-order valence-corrected chi connectivity index (χ3v) is 2.96. The first-order chi connectivity index (χ1) is 8.97. The van der Waals surface area contributed by atoms with Crippen LogP contribution in [0.5, 0.6) is 11.5 Å². The van der Waals surface area contributed by atoms with Crippen LogP contribution in [0.3, 0.4) is 0 Å². The predicted octanol–water partition coefficient (Wildman–Crippen LogP) is 3.47. The van der Waals surface area contributed by atoms with E-state index in [0.29, 0.717) is 32.8 Å². The molecule has 1 amide bonds.